The second kappa shape index (κ2) is 9.89. The third-order valence-electron chi connectivity index (χ3n) is 5.72. The number of benzene rings is 2. The van der Waals surface area contributed by atoms with Crippen LogP contribution in [0.4, 0.5) is 0 Å². The number of carbonyl (C=O) groups excluding carboxylic acids is 2. The maximum atomic E-state index is 12.9. The summed E-state index contributed by atoms with van der Waals surface area (Å²) in [5.41, 5.74) is 2.99. The zero-order valence-electron chi connectivity index (χ0n) is 19.2. The van der Waals surface area contributed by atoms with E-state index in [-0.39, 0.29) is 23.9 Å². The number of carbonyl (C=O) groups is 2. The van der Waals surface area contributed by atoms with Gasteiger partial charge in [0.1, 0.15) is 5.75 Å². The first kappa shape index (κ1) is 23.2. The molecule has 0 aliphatic carbocycles. The predicted octanol–water partition coefficient (Wildman–Crippen LogP) is 5.55. The molecule has 4 rings (SSSR count). The molecular weight excluding hydrogens is 434 g/mol. The van der Waals surface area contributed by atoms with Crippen molar-refractivity contribution in [3.63, 3.8) is 0 Å². The van der Waals surface area contributed by atoms with Gasteiger partial charge in [-0.15, -0.1) is 0 Å². The Hall–Kier alpha value is -2.96. The molecule has 5 nitrogen and oxygen atoms in total. The average molecular weight is 464 g/mol. The number of ether oxygens (including phenoxy) is 2. The summed E-state index contributed by atoms with van der Waals surface area (Å²) in [6.45, 7) is 6.76. The van der Waals surface area contributed by atoms with Crippen molar-refractivity contribution in [1.29, 1.82) is 0 Å². The van der Waals surface area contributed by atoms with Crippen LogP contribution in [-0.4, -0.2) is 31.1 Å². The van der Waals surface area contributed by atoms with Gasteiger partial charge in [0, 0.05) is 17.0 Å². The molecule has 1 N–H and O–H groups in total. The maximum absolute atomic E-state index is 12.9. The van der Waals surface area contributed by atoms with Crippen LogP contribution in [0.15, 0.2) is 65.4 Å². The molecule has 0 radical (unpaired) electrons. The van der Waals surface area contributed by atoms with Gasteiger partial charge in [0.25, 0.3) is 0 Å². The first-order valence-electron chi connectivity index (χ1n) is 11.2. The smallest absolute Gasteiger partial charge is 0.312 e. The Kier molecular flexibility index (Phi) is 6.96. The van der Waals surface area contributed by atoms with Crippen molar-refractivity contribution in [3.8, 4) is 16.9 Å². The van der Waals surface area contributed by atoms with Crippen LogP contribution >= 0.6 is 11.3 Å². The first-order chi connectivity index (χ1) is 15.8. The van der Waals surface area contributed by atoms with E-state index >= 15 is 0 Å². The van der Waals surface area contributed by atoms with Crippen LogP contribution in [-0.2, 0) is 9.53 Å². The molecule has 3 aromatic rings. The van der Waals surface area contributed by atoms with Crippen LogP contribution in [0.2, 0.25) is 0 Å². The predicted molar refractivity (Wildman–Crippen MR) is 131 cm³/mol. The highest BCUT2D eigenvalue weighted by Gasteiger charge is 2.34. The Labute approximate surface area is 198 Å². The molecule has 0 saturated carbocycles. The number of hydrogen-bond donors (Lipinski definition) is 1. The van der Waals surface area contributed by atoms with E-state index in [1.165, 1.54) is 0 Å². The minimum Gasteiger partial charge on any atom is -0.493 e. The molecule has 0 bridgehead atoms. The lowest BCUT2D eigenvalue weighted by Gasteiger charge is -2.24. The van der Waals surface area contributed by atoms with Crippen molar-refractivity contribution in [1.82, 2.24) is 5.32 Å². The average Bonchev–Trinajstić information content (AvgIpc) is 3.49. The molecule has 0 amide bonds. The number of ketones is 1. The summed E-state index contributed by atoms with van der Waals surface area (Å²) in [6.07, 6.45) is 0.537. The largest absolute Gasteiger partial charge is 0.493 e. The fourth-order valence-electron chi connectivity index (χ4n) is 3.64. The molecule has 1 aliphatic heterocycles. The number of hydrogen-bond acceptors (Lipinski definition) is 6. The van der Waals surface area contributed by atoms with Crippen molar-refractivity contribution in [2.75, 3.05) is 13.2 Å². The molecule has 1 aromatic heterocycles. The van der Waals surface area contributed by atoms with Crippen molar-refractivity contribution >= 4 is 23.1 Å². The summed E-state index contributed by atoms with van der Waals surface area (Å²) in [5.74, 6) is 0.525. The van der Waals surface area contributed by atoms with Gasteiger partial charge in [-0.2, -0.15) is 11.3 Å². The van der Waals surface area contributed by atoms with Gasteiger partial charge < -0.3 is 9.47 Å². The van der Waals surface area contributed by atoms with Crippen molar-refractivity contribution in [2.24, 2.45) is 11.3 Å². The van der Waals surface area contributed by atoms with Crippen LogP contribution in [0.25, 0.3) is 11.1 Å². The second-order valence-electron chi connectivity index (χ2n) is 9.33. The lowest BCUT2D eigenvalue weighted by Crippen LogP contribution is -2.38. The minimum atomic E-state index is -0.539. The highest BCUT2D eigenvalue weighted by atomic mass is 32.1. The van der Waals surface area contributed by atoms with Gasteiger partial charge in [-0.25, -0.2) is 0 Å². The van der Waals surface area contributed by atoms with Crippen molar-refractivity contribution < 1.29 is 19.1 Å². The summed E-state index contributed by atoms with van der Waals surface area (Å²) in [5, 5.41) is 7.37. The van der Waals surface area contributed by atoms with E-state index in [1.54, 1.807) is 23.5 Å². The molecule has 2 heterocycles. The van der Waals surface area contributed by atoms with Gasteiger partial charge in [-0.3, -0.25) is 14.9 Å². The number of rotatable bonds is 7. The molecule has 2 atom stereocenters. The highest BCUT2D eigenvalue weighted by Crippen LogP contribution is 2.25. The summed E-state index contributed by atoms with van der Waals surface area (Å²) < 4.78 is 11.6. The lowest BCUT2D eigenvalue weighted by molar-refractivity contribution is -0.162. The van der Waals surface area contributed by atoms with Crippen LogP contribution in [0.1, 0.15) is 43.1 Å². The summed E-state index contributed by atoms with van der Waals surface area (Å²) in [6, 6.07) is 17.0. The third kappa shape index (κ3) is 5.70. The topological polar surface area (TPSA) is 64.6 Å². The molecule has 33 heavy (non-hydrogen) atoms. The van der Waals surface area contributed by atoms with Crippen molar-refractivity contribution in [2.45, 2.75) is 33.4 Å². The van der Waals surface area contributed by atoms with E-state index in [0.717, 1.165) is 24.1 Å². The van der Waals surface area contributed by atoms with Crippen LogP contribution in [0.3, 0.4) is 0 Å². The SMILES string of the molecule is CC(C)(C)C(=O)OC1NCC[C@@H]1COc1ccc(C(=O)c2ccc(-c3ccsc3)cc2)cc1. The molecular formula is C27H29NO4S. The van der Waals surface area contributed by atoms with Crippen LogP contribution < -0.4 is 10.1 Å². The highest BCUT2D eigenvalue weighted by molar-refractivity contribution is 7.08. The number of nitrogens with one attached hydrogen (secondary N) is 1. The Balaban J connectivity index is 1.33. The van der Waals surface area contributed by atoms with Gasteiger partial charge in [-0.1, -0.05) is 24.3 Å². The molecule has 0 spiro atoms. The maximum Gasteiger partial charge on any atom is 0.312 e. The van der Waals surface area contributed by atoms with Crippen molar-refractivity contribution in [3.05, 3.63) is 76.5 Å². The first-order valence-corrected chi connectivity index (χ1v) is 12.1. The summed E-state index contributed by atoms with van der Waals surface area (Å²) in [4.78, 5) is 25.1. The van der Waals surface area contributed by atoms with Crippen LogP contribution in [0, 0.1) is 11.3 Å². The molecule has 1 unspecified atom stereocenters. The standard InChI is InChI=1S/C27H29NO4S/c1-27(2,3)26(30)32-25-21(12-14-28-25)16-31-23-10-8-20(9-11-23)24(29)19-6-4-18(5-7-19)22-13-15-33-17-22/h4-11,13,15,17,21,25,28H,12,14,16H2,1-3H3/t21-,25?/m1/s1. The fourth-order valence-corrected chi connectivity index (χ4v) is 4.31. The van der Waals surface area contributed by atoms with Crippen LogP contribution in [0.5, 0.6) is 5.75 Å². The monoisotopic (exact) mass is 463 g/mol. The minimum absolute atomic E-state index is 0.0208. The Morgan fingerprint density at radius 2 is 1.64 bits per heavy atom. The van der Waals surface area contributed by atoms with E-state index < -0.39 is 5.41 Å². The zero-order chi connectivity index (χ0) is 23.4. The number of thiophene rings is 1. The number of esters is 1. The molecule has 2 aromatic carbocycles. The lowest BCUT2D eigenvalue weighted by atomic mass is 9.97. The van der Waals surface area contributed by atoms with Gasteiger partial charge in [0.2, 0.25) is 0 Å². The van der Waals surface area contributed by atoms with E-state index in [2.05, 4.69) is 16.8 Å². The molecule has 172 valence electrons. The quantitative estimate of drug-likeness (QED) is 0.368. The van der Waals surface area contributed by atoms with E-state index in [9.17, 15) is 9.59 Å². The summed E-state index contributed by atoms with van der Waals surface area (Å²) in [7, 11) is 0. The van der Waals surface area contributed by atoms with E-state index in [0.29, 0.717) is 23.5 Å². The fraction of sp³-hybridized carbons (Fsp3) is 0.333. The van der Waals surface area contributed by atoms with Gasteiger partial charge >= 0.3 is 5.97 Å². The van der Waals surface area contributed by atoms with E-state index in [1.807, 2.05) is 62.5 Å². The zero-order valence-corrected chi connectivity index (χ0v) is 20.0. The normalized spacial score (nSPS) is 18.2. The second-order valence-corrected chi connectivity index (χ2v) is 10.1. The molecule has 1 aliphatic rings. The molecule has 1 saturated heterocycles. The summed E-state index contributed by atoms with van der Waals surface area (Å²) >= 11 is 1.65. The Morgan fingerprint density at radius 3 is 2.24 bits per heavy atom. The molecule has 1 fully saturated rings. The van der Waals surface area contributed by atoms with Gasteiger partial charge in [0.05, 0.1) is 12.0 Å². The Bertz CT molecular complexity index is 1080. The Morgan fingerprint density at radius 1 is 0.970 bits per heavy atom. The molecule has 6 heteroatoms. The third-order valence-corrected chi connectivity index (χ3v) is 6.40. The van der Waals surface area contributed by atoms with Gasteiger partial charge in [-0.05, 0) is 86.0 Å². The van der Waals surface area contributed by atoms with E-state index in [4.69, 9.17) is 9.47 Å². The van der Waals surface area contributed by atoms with Gasteiger partial charge in [0.15, 0.2) is 12.0 Å².